The normalized spacial score (nSPS) is 13.7. The molecule has 21 aromatic rings. The van der Waals surface area contributed by atoms with Crippen molar-refractivity contribution in [1.82, 2.24) is 22.8 Å². The van der Waals surface area contributed by atoms with Crippen LogP contribution in [-0.2, 0) is 0 Å². The standard InChI is InChI=1S/C99H60B3N7O2/c1-54-42-55(2)97(56(3)43-54)109-86-53-91-75(51-73(86)101-71-33-21-31-69-67-29-11-19-41-85(67)108(99(69)71)88-46-58(47-89(109)95(88)101)105-80-36-14-6-24-62(80)63-25-7-15-37-81(63)105)102-74-50-72-76(52-90(74)110-92-48-59(49-93(111-91)96(92)102)106-82-38-16-8-26-64(82)65-27-9-17-39-83(65)106)103-77-44-57(104-78-34-12-4-22-60(78)61-23-5-13-35-79(61)104)45-87-94(77)100(72)70-32-20-30-68-66-28-10-18-40-84(66)107(87)98(68)70/h4-53,103H,1-3H3. The minimum atomic E-state index is -0.338. The van der Waals surface area contributed by atoms with Gasteiger partial charge in [0.15, 0.2) is 0 Å². The Morgan fingerprint density at radius 3 is 1.08 bits per heavy atom. The molecule has 0 spiro atoms. The molecule has 1 N–H and O–H groups in total. The number of benzene rings is 16. The molecule has 0 saturated carbocycles. The van der Waals surface area contributed by atoms with Gasteiger partial charge in [-0.25, -0.2) is 0 Å². The summed E-state index contributed by atoms with van der Waals surface area (Å²) in [4.78, 5) is 2.63. The first kappa shape index (κ1) is 59.0. The lowest BCUT2D eigenvalue weighted by Gasteiger charge is -2.43. The summed E-state index contributed by atoms with van der Waals surface area (Å²) in [6, 6.07) is 114. The smallest absolute Gasteiger partial charge is 0.260 e. The Morgan fingerprint density at radius 1 is 0.252 bits per heavy atom. The average Bonchev–Trinajstić information content (AvgIpc) is 1.65. The van der Waals surface area contributed by atoms with Crippen LogP contribution in [0.25, 0.3) is 137 Å². The van der Waals surface area contributed by atoms with E-state index in [4.69, 9.17) is 9.47 Å². The molecule has 512 valence electrons. The molecule has 0 saturated heterocycles. The van der Waals surface area contributed by atoms with Crippen molar-refractivity contribution in [2.24, 2.45) is 0 Å². The highest BCUT2D eigenvalue weighted by Gasteiger charge is 2.49. The van der Waals surface area contributed by atoms with Crippen LogP contribution in [0, 0.1) is 20.8 Å². The van der Waals surface area contributed by atoms with E-state index in [-0.39, 0.29) is 20.1 Å². The Balaban J connectivity index is 0.745. The second-order valence-corrected chi connectivity index (χ2v) is 31.6. The van der Waals surface area contributed by atoms with E-state index in [1.165, 1.54) is 159 Å². The molecule has 16 aromatic carbocycles. The van der Waals surface area contributed by atoms with Crippen LogP contribution >= 0.6 is 0 Å². The molecule has 0 bridgehead atoms. The van der Waals surface area contributed by atoms with Crippen LogP contribution in [0.5, 0.6) is 23.0 Å². The zero-order valence-electron chi connectivity index (χ0n) is 60.6. The molecule has 0 amide bonds. The first-order valence-corrected chi connectivity index (χ1v) is 38.7. The van der Waals surface area contributed by atoms with Crippen LogP contribution in [0.1, 0.15) is 16.7 Å². The summed E-state index contributed by atoms with van der Waals surface area (Å²) in [5.41, 5.74) is 37.1. The van der Waals surface area contributed by atoms with Gasteiger partial charge in [-0.1, -0.05) is 212 Å². The summed E-state index contributed by atoms with van der Waals surface area (Å²) in [7, 11) is 0. The van der Waals surface area contributed by atoms with Gasteiger partial charge in [0.2, 0.25) is 0 Å². The fraction of sp³-hybridized carbons (Fsp3) is 0.0303. The van der Waals surface area contributed by atoms with Gasteiger partial charge in [-0.2, -0.15) is 0 Å². The predicted octanol–water partition coefficient (Wildman–Crippen LogP) is 18.3. The molecular formula is C99H60B3N7O2. The molecular weight excluding hydrogens is 1350 g/mol. The van der Waals surface area contributed by atoms with Gasteiger partial charge in [-0.05, 0) is 148 Å². The van der Waals surface area contributed by atoms with Crippen molar-refractivity contribution < 1.29 is 9.47 Å². The molecule has 0 atom stereocenters. The first-order chi connectivity index (χ1) is 54.8. The lowest BCUT2D eigenvalue weighted by atomic mass is 9.30. The zero-order chi connectivity index (χ0) is 72.2. The van der Waals surface area contributed by atoms with Crippen LogP contribution in [0.15, 0.2) is 303 Å². The molecule has 5 aromatic heterocycles. The minimum Gasteiger partial charge on any atom is -0.458 e. The summed E-state index contributed by atoms with van der Waals surface area (Å²) in [5.74, 6) is 3.17. The number of aryl methyl sites for hydroxylation is 3. The van der Waals surface area contributed by atoms with Crippen LogP contribution in [-0.4, -0.2) is 43.0 Å². The first-order valence-electron chi connectivity index (χ1n) is 38.7. The number of nitrogens with zero attached hydrogens (tertiary/aromatic N) is 6. The number of anilines is 5. The van der Waals surface area contributed by atoms with Crippen molar-refractivity contribution in [2.75, 3.05) is 10.2 Å². The monoisotopic (exact) mass is 1410 g/mol. The van der Waals surface area contributed by atoms with Crippen LogP contribution < -0.4 is 68.9 Å². The number of fused-ring (bicyclic) bond motifs is 27. The summed E-state index contributed by atoms with van der Waals surface area (Å²) in [6.07, 6.45) is 0. The number of hydrogen-bond acceptors (Lipinski definition) is 4. The van der Waals surface area contributed by atoms with Crippen molar-refractivity contribution in [3.63, 3.8) is 0 Å². The van der Waals surface area contributed by atoms with Crippen LogP contribution in [0.2, 0.25) is 0 Å². The largest absolute Gasteiger partial charge is 0.458 e. The molecule has 12 heteroatoms. The van der Waals surface area contributed by atoms with E-state index in [9.17, 15) is 0 Å². The summed E-state index contributed by atoms with van der Waals surface area (Å²) < 4.78 is 28.3. The quantitative estimate of drug-likeness (QED) is 0.178. The van der Waals surface area contributed by atoms with Gasteiger partial charge in [0.05, 0.1) is 66.9 Å². The highest BCUT2D eigenvalue weighted by Crippen LogP contribution is 2.50. The maximum Gasteiger partial charge on any atom is 0.260 e. The van der Waals surface area contributed by atoms with Gasteiger partial charge in [0.1, 0.15) is 23.0 Å². The molecule has 6 aliphatic heterocycles. The number of nitrogens with one attached hydrogen (secondary N) is 1. The van der Waals surface area contributed by atoms with E-state index < -0.39 is 0 Å². The number of ether oxygens (including phenoxy) is 2. The van der Waals surface area contributed by atoms with Crippen molar-refractivity contribution in [1.29, 1.82) is 0 Å². The lowest BCUT2D eigenvalue weighted by Crippen LogP contribution is -2.64. The summed E-state index contributed by atoms with van der Waals surface area (Å²) in [6.45, 7) is 6.14. The molecule has 0 fully saturated rings. The molecule has 9 nitrogen and oxygen atoms in total. The minimum absolute atomic E-state index is 0.156. The topological polar surface area (TPSA) is 58.4 Å². The zero-order valence-corrected chi connectivity index (χ0v) is 60.6. The number of para-hydroxylation sites is 10. The highest BCUT2D eigenvalue weighted by molar-refractivity contribution is 7.04. The van der Waals surface area contributed by atoms with Crippen molar-refractivity contribution >= 4 is 207 Å². The van der Waals surface area contributed by atoms with Gasteiger partial charge in [-0.15, -0.1) is 0 Å². The van der Waals surface area contributed by atoms with Crippen LogP contribution in [0.3, 0.4) is 0 Å². The Hall–Kier alpha value is -14.1. The number of rotatable bonds is 4. The number of hydrogen-bond donors (Lipinski definition) is 1. The van der Waals surface area contributed by atoms with Gasteiger partial charge < -0.3 is 42.5 Å². The van der Waals surface area contributed by atoms with Gasteiger partial charge >= 0.3 is 0 Å². The third-order valence-corrected chi connectivity index (χ3v) is 25.9. The van der Waals surface area contributed by atoms with E-state index in [0.29, 0.717) is 0 Å². The van der Waals surface area contributed by atoms with Crippen molar-refractivity contribution in [2.45, 2.75) is 20.8 Å². The SMILES string of the molecule is Cc1cc(C)c(N2c3cc4c(cc3B3c5c2cc(-n2c6ccccc6c6ccccc62)cc5-n2c5ccccc5c5cccc3c52)B2c3cc5c(cc3Oc3cc(-n6c7ccccc7c7ccccc76)cc(c32)O4)Nc2cc(-n3c4ccccc4c4ccccc43)cc3c2B5c2cccc4c5ccccc5n-3c24)c(C)c1. The van der Waals surface area contributed by atoms with E-state index >= 15 is 0 Å². The summed E-state index contributed by atoms with van der Waals surface area (Å²) >= 11 is 0. The van der Waals surface area contributed by atoms with Gasteiger partial charge in [0.25, 0.3) is 20.1 Å². The second-order valence-electron chi connectivity index (χ2n) is 31.6. The Kier molecular flexibility index (Phi) is 11.0. The Morgan fingerprint density at radius 2 is 0.613 bits per heavy atom. The van der Waals surface area contributed by atoms with E-state index in [0.717, 1.165) is 95.9 Å². The molecule has 111 heavy (non-hydrogen) atoms. The molecule has 0 radical (unpaired) electrons. The van der Waals surface area contributed by atoms with E-state index in [2.05, 4.69) is 357 Å². The number of aromatic nitrogens is 5. The third kappa shape index (κ3) is 7.41. The van der Waals surface area contributed by atoms with E-state index in [1.807, 2.05) is 0 Å². The average molecular weight is 1410 g/mol. The lowest BCUT2D eigenvalue weighted by molar-refractivity contribution is 0.464. The van der Waals surface area contributed by atoms with Crippen molar-refractivity contribution in [3.8, 4) is 51.4 Å². The molecule has 6 aliphatic rings. The maximum absolute atomic E-state index is 7.94. The fourth-order valence-electron chi connectivity index (χ4n) is 21.9. The van der Waals surface area contributed by atoms with Crippen LogP contribution in [0.4, 0.5) is 28.4 Å². The molecule has 27 rings (SSSR count). The van der Waals surface area contributed by atoms with Crippen molar-refractivity contribution in [3.05, 3.63) is 320 Å². The Labute approximate surface area is 637 Å². The maximum atomic E-state index is 7.94. The fourth-order valence-corrected chi connectivity index (χ4v) is 21.9. The van der Waals surface area contributed by atoms with Gasteiger partial charge in [0, 0.05) is 129 Å². The molecule has 0 aliphatic carbocycles. The molecule has 0 unspecified atom stereocenters. The molecule has 11 heterocycles. The summed E-state index contributed by atoms with van der Waals surface area (Å²) in [5, 5.41) is 16.5. The van der Waals surface area contributed by atoms with E-state index in [1.54, 1.807) is 0 Å². The third-order valence-electron chi connectivity index (χ3n) is 25.9. The second kappa shape index (κ2) is 20.8. The highest BCUT2D eigenvalue weighted by atomic mass is 16.5. The van der Waals surface area contributed by atoms with Gasteiger partial charge in [-0.3, -0.25) is 0 Å². The Bertz CT molecular complexity index is 7800. The predicted molar refractivity (Wildman–Crippen MR) is 464 cm³/mol.